The van der Waals surface area contributed by atoms with Crippen LogP contribution >= 0.6 is 0 Å². The fourth-order valence-electron chi connectivity index (χ4n) is 3.38. The number of pyridine rings is 1. The first-order chi connectivity index (χ1) is 14.0. The number of nitrogens with zero attached hydrogens (tertiary/aromatic N) is 3. The van der Waals surface area contributed by atoms with Gasteiger partial charge < -0.3 is 20.1 Å². The Bertz CT molecular complexity index is 822. The normalized spacial score (nSPS) is 15.6. The number of aromatic nitrogens is 1. The summed E-state index contributed by atoms with van der Waals surface area (Å²) < 4.78 is 5.14. The zero-order valence-corrected chi connectivity index (χ0v) is 16.5. The van der Waals surface area contributed by atoms with Gasteiger partial charge in [0.1, 0.15) is 11.6 Å². The molecule has 1 saturated heterocycles. The van der Waals surface area contributed by atoms with Gasteiger partial charge in [-0.3, -0.25) is 14.5 Å². The van der Waals surface area contributed by atoms with E-state index in [1.807, 2.05) is 18.2 Å². The molecule has 0 saturated carbocycles. The molecule has 0 bridgehead atoms. The van der Waals surface area contributed by atoms with Crippen LogP contribution in [0.1, 0.15) is 6.42 Å². The Balaban J connectivity index is 1.51. The van der Waals surface area contributed by atoms with Crippen molar-refractivity contribution in [2.75, 3.05) is 50.1 Å². The molecule has 0 radical (unpaired) electrons. The highest BCUT2D eigenvalue weighted by molar-refractivity contribution is 5.93. The maximum absolute atomic E-state index is 12.4. The van der Waals surface area contributed by atoms with Crippen LogP contribution in [0.3, 0.4) is 0 Å². The van der Waals surface area contributed by atoms with E-state index in [2.05, 4.69) is 20.1 Å². The van der Waals surface area contributed by atoms with Gasteiger partial charge in [0, 0.05) is 57.1 Å². The number of carboxylic acids is 1. The molecule has 154 valence electrons. The summed E-state index contributed by atoms with van der Waals surface area (Å²) >= 11 is 0. The van der Waals surface area contributed by atoms with Crippen molar-refractivity contribution in [3.05, 3.63) is 48.7 Å². The number of carbonyl (C=O) groups excluding carboxylic acids is 1. The van der Waals surface area contributed by atoms with Gasteiger partial charge in [-0.25, -0.2) is 4.98 Å². The average Bonchev–Trinajstić information content (AvgIpc) is 2.74. The van der Waals surface area contributed by atoms with Crippen molar-refractivity contribution in [1.82, 2.24) is 9.88 Å². The third kappa shape index (κ3) is 5.92. The van der Waals surface area contributed by atoms with Crippen molar-refractivity contribution < 1.29 is 19.4 Å². The van der Waals surface area contributed by atoms with Crippen LogP contribution in [-0.4, -0.2) is 66.7 Å². The average molecular weight is 398 g/mol. The molecule has 1 aromatic heterocycles. The predicted octanol–water partition coefficient (Wildman–Crippen LogP) is 1.94. The first kappa shape index (κ1) is 20.6. The maximum atomic E-state index is 12.4. The molecule has 0 aliphatic carbocycles. The minimum Gasteiger partial charge on any atom is -0.497 e. The number of piperazine rings is 1. The second-order valence-corrected chi connectivity index (χ2v) is 7.00. The number of carbonyl (C=O) groups is 2. The van der Waals surface area contributed by atoms with E-state index in [1.54, 1.807) is 37.6 Å². The topological polar surface area (TPSA) is 95.0 Å². The lowest BCUT2D eigenvalue weighted by atomic mass is 10.0. The molecule has 1 fully saturated rings. The monoisotopic (exact) mass is 398 g/mol. The Hall–Kier alpha value is -3.13. The van der Waals surface area contributed by atoms with Crippen LogP contribution in [0.2, 0.25) is 0 Å². The van der Waals surface area contributed by atoms with E-state index in [9.17, 15) is 14.7 Å². The molecule has 1 aromatic carbocycles. The third-order valence-corrected chi connectivity index (χ3v) is 4.96. The van der Waals surface area contributed by atoms with E-state index in [0.717, 1.165) is 32.0 Å². The second kappa shape index (κ2) is 9.88. The smallest absolute Gasteiger partial charge is 0.308 e. The number of benzene rings is 1. The summed E-state index contributed by atoms with van der Waals surface area (Å²) in [4.78, 5) is 32.7. The number of ether oxygens (including phenoxy) is 1. The summed E-state index contributed by atoms with van der Waals surface area (Å²) in [5, 5.41) is 12.3. The van der Waals surface area contributed by atoms with Crippen molar-refractivity contribution >= 4 is 23.4 Å². The van der Waals surface area contributed by atoms with Gasteiger partial charge >= 0.3 is 5.97 Å². The fraction of sp³-hybridized carbons (Fsp3) is 0.381. The first-order valence-electron chi connectivity index (χ1n) is 9.60. The summed E-state index contributed by atoms with van der Waals surface area (Å²) in [5.74, 6) is -0.485. The molecule has 1 unspecified atom stereocenters. The quantitative estimate of drug-likeness (QED) is 0.702. The van der Waals surface area contributed by atoms with Crippen molar-refractivity contribution in [3.8, 4) is 5.75 Å². The summed E-state index contributed by atoms with van der Waals surface area (Å²) in [6.45, 7) is 3.37. The molecule has 1 atom stereocenters. The third-order valence-electron chi connectivity index (χ3n) is 4.96. The van der Waals surface area contributed by atoms with Crippen molar-refractivity contribution in [2.24, 2.45) is 5.92 Å². The Kier molecular flexibility index (Phi) is 7.02. The number of amides is 1. The van der Waals surface area contributed by atoms with E-state index in [4.69, 9.17) is 4.74 Å². The van der Waals surface area contributed by atoms with Crippen LogP contribution in [0.15, 0.2) is 48.7 Å². The Morgan fingerprint density at radius 3 is 2.62 bits per heavy atom. The summed E-state index contributed by atoms with van der Waals surface area (Å²) in [6, 6.07) is 12.8. The van der Waals surface area contributed by atoms with Crippen molar-refractivity contribution in [2.45, 2.75) is 6.42 Å². The molecule has 2 aromatic rings. The van der Waals surface area contributed by atoms with Gasteiger partial charge in [0.25, 0.3) is 0 Å². The number of rotatable bonds is 8. The molecule has 3 rings (SSSR count). The zero-order valence-electron chi connectivity index (χ0n) is 16.5. The van der Waals surface area contributed by atoms with Crippen LogP contribution in [-0.2, 0) is 9.59 Å². The van der Waals surface area contributed by atoms with Crippen LogP contribution in [0, 0.1) is 5.92 Å². The molecule has 1 aliphatic heterocycles. The Morgan fingerprint density at radius 2 is 1.97 bits per heavy atom. The largest absolute Gasteiger partial charge is 0.497 e. The van der Waals surface area contributed by atoms with E-state index in [0.29, 0.717) is 18.0 Å². The summed E-state index contributed by atoms with van der Waals surface area (Å²) in [5.41, 5.74) is 0.586. The summed E-state index contributed by atoms with van der Waals surface area (Å²) in [6.07, 6.45) is 1.69. The van der Waals surface area contributed by atoms with Crippen molar-refractivity contribution in [3.63, 3.8) is 0 Å². The van der Waals surface area contributed by atoms with Gasteiger partial charge in [-0.1, -0.05) is 12.1 Å². The molecule has 0 spiro atoms. The van der Waals surface area contributed by atoms with Gasteiger partial charge in [0.2, 0.25) is 5.91 Å². The summed E-state index contributed by atoms with van der Waals surface area (Å²) in [7, 11) is 1.55. The molecule has 8 heteroatoms. The number of hydrogen-bond acceptors (Lipinski definition) is 6. The van der Waals surface area contributed by atoms with E-state index >= 15 is 0 Å². The maximum Gasteiger partial charge on any atom is 0.308 e. The highest BCUT2D eigenvalue weighted by atomic mass is 16.5. The Morgan fingerprint density at radius 1 is 1.17 bits per heavy atom. The van der Waals surface area contributed by atoms with E-state index < -0.39 is 11.9 Å². The zero-order chi connectivity index (χ0) is 20.6. The highest BCUT2D eigenvalue weighted by Crippen LogP contribution is 2.18. The molecule has 2 heterocycles. The minimum absolute atomic E-state index is 0.0764. The molecular weight excluding hydrogens is 372 g/mol. The predicted molar refractivity (Wildman–Crippen MR) is 110 cm³/mol. The van der Waals surface area contributed by atoms with Gasteiger partial charge in [0.05, 0.1) is 13.0 Å². The van der Waals surface area contributed by atoms with Gasteiger partial charge in [-0.15, -0.1) is 0 Å². The SMILES string of the molecule is COc1cccc(NC(=O)CC(CN2CCN(c3ccccn3)CC2)C(=O)O)c1. The number of carboxylic acid groups (broad SMARTS) is 1. The van der Waals surface area contributed by atoms with Gasteiger partial charge in [0.15, 0.2) is 0 Å². The van der Waals surface area contributed by atoms with Gasteiger partial charge in [-0.2, -0.15) is 0 Å². The standard InChI is InChI=1S/C21H26N4O4/c1-29-18-6-4-5-17(14-18)23-20(26)13-16(21(27)28)15-24-9-11-25(12-10-24)19-7-2-3-8-22-19/h2-8,14,16H,9-13,15H2,1H3,(H,23,26)(H,27,28). The van der Waals surface area contributed by atoms with Crippen molar-refractivity contribution in [1.29, 1.82) is 0 Å². The fourth-order valence-corrected chi connectivity index (χ4v) is 3.38. The number of aliphatic carboxylic acids is 1. The van der Waals surface area contributed by atoms with Crippen LogP contribution in [0.25, 0.3) is 0 Å². The molecular formula is C21H26N4O4. The number of anilines is 2. The van der Waals surface area contributed by atoms with E-state index in [-0.39, 0.29) is 12.3 Å². The lowest BCUT2D eigenvalue weighted by Crippen LogP contribution is -2.49. The van der Waals surface area contributed by atoms with Crippen LogP contribution in [0.4, 0.5) is 11.5 Å². The second-order valence-electron chi connectivity index (χ2n) is 7.00. The van der Waals surface area contributed by atoms with Crippen LogP contribution < -0.4 is 15.0 Å². The highest BCUT2D eigenvalue weighted by Gasteiger charge is 2.26. The lowest BCUT2D eigenvalue weighted by molar-refractivity contribution is -0.144. The molecule has 8 nitrogen and oxygen atoms in total. The number of nitrogens with one attached hydrogen (secondary N) is 1. The lowest BCUT2D eigenvalue weighted by Gasteiger charge is -2.36. The van der Waals surface area contributed by atoms with Gasteiger partial charge in [-0.05, 0) is 24.3 Å². The molecule has 29 heavy (non-hydrogen) atoms. The number of hydrogen-bond donors (Lipinski definition) is 2. The Labute approximate surface area is 170 Å². The molecule has 1 amide bonds. The number of methoxy groups -OCH3 is 1. The first-order valence-corrected chi connectivity index (χ1v) is 9.60. The molecule has 2 N–H and O–H groups in total. The van der Waals surface area contributed by atoms with Crippen LogP contribution in [0.5, 0.6) is 5.75 Å². The minimum atomic E-state index is -0.960. The molecule has 1 aliphatic rings. The van der Waals surface area contributed by atoms with E-state index in [1.165, 1.54) is 0 Å².